The highest BCUT2D eigenvalue weighted by atomic mass is 28.4. The van der Waals surface area contributed by atoms with Crippen molar-refractivity contribution < 1.29 is 28.2 Å². The molecule has 0 spiro atoms. The highest BCUT2D eigenvalue weighted by Crippen LogP contribution is 2.42. The first-order valence-electron chi connectivity index (χ1n) is 11.2. The molecule has 3 rings (SSSR count). The van der Waals surface area contributed by atoms with Crippen LogP contribution in [0.4, 0.5) is 0 Å². The summed E-state index contributed by atoms with van der Waals surface area (Å²) in [6.45, 7) is 15.7. The Hall–Kier alpha value is -1.25. The molecular weight excluding hydrogens is 412 g/mol. The van der Waals surface area contributed by atoms with Gasteiger partial charge in [-0.15, -0.1) is 0 Å². The van der Waals surface area contributed by atoms with Crippen LogP contribution in [0.1, 0.15) is 53.0 Å². The Morgan fingerprint density at radius 1 is 1.16 bits per heavy atom. The topological polar surface area (TPSA) is 63.2 Å². The van der Waals surface area contributed by atoms with E-state index in [2.05, 4.69) is 33.9 Å². The summed E-state index contributed by atoms with van der Waals surface area (Å²) in [6, 6.07) is 10.1. The fraction of sp³-hybridized carbons (Fsp3) is 0.708. The first-order chi connectivity index (χ1) is 14.4. The molecule has 0 aromatic heterocycles. The molecule has 2 fully saturated rings. The van der Waals surface area contributed by atoms with Crippen molar-refractivity contribution in [2.75, 3.05) is 6.61 Å². The molecule has 2 saturated heterocycles. The maximum Gasteiger partial charge on any atom is 0.306 e. The number of hydrogen-bond donors (Lipinski definition) is 0. The van der Waals surface area contributed by atoms with Crippen molar-refractivity contribution >= 4 is 14.3 Å². The van der Waals surface area contributed by atoms with Crippen LogP contribution >= 0.6 is 0 Å². The average Bonchev–Trinajstić information content (AvgIpc) is 3.22. The lowest BCUT2D eigenvalue weighted by Gasteiger charge is -2.42. The van der Waals surface area contributed by atoms with Gasteiger partial charge in [0, 0.05) is 6.42 Å². The number of carbonyl (C=O) groups excluding carboxylic acids is 1. The zero-order valence-electron chi connectivity index (χ0n) is 20.0. The van der Waals surface area contributed by atoms with Gasteiger partial charge >= 0.3 is 5.97 Å². The van der Waals surface area contributed by atoms with Crippen molar-refractivity contribution in [3.63, 3.8) is 0 Å². The van der Waals surface area contributed by atoms with Crippen LogP contribution in [0.25, 0.3) is 0 Å². The molecule has 0 bridgehead atoms. The van der Waals surface area contributed by atoms with E-state index < -0.39 is 14.1 Å². The van der Waals surface area contributed by atoms with Crippen molar-refractivity contribution in [2.45, 2.75) is 102 Å². The summed E-state index contributed by atoms with van der Waals surface area (Å²) in [7, 11) is -2.15. The number of carbonyl (C=O) groups is 1. The summed E-state index contributed by atoms with van der Waals surface area (Å²) in [5, 5.41) is 0.0160. The summed E-state index contributed by atoms with van der Waals surface area (Å²) >= 11 is 0. The molecule has 2 aliphatic rings. The second-order valence-corrected chi connectivity index (χ2v) is 15.3. The lowest BCUT2D eigenvalue weighted by molar-refractivity contribution is -0.166. The molecule has 0 N–H and O–H groups in total. The molecule has 1 aromatic carbocycles. The smallest absolute Gasteiger partial charge is 0.306 e. The quantitative estimate of drug-likeness (QED) is 0.418. The molecule has 0 amide bonds. The number of benzene rings is 1. The number of ether oxygens (including phenoxy) is 4. The van der Waals surface area contributed by atoms with E-state index in [1.807, 2.05) is 44.2 Å². The predicted octanol–water partition coefficient (Wildman–Crippen LogP) is 4.82. The third-order valence-electron chi connectivity index (χ3n) is 6.46. The number of esters is 1. The zero-order valence-corrected chi connectivity index (χ0v) is 21.0. The largest absolute Gasteiger partial charge is 0.460 e. The first-order valence-corrected chi connectivity index (χ1v) is 14.1. The molecule has 2 heterocycles. The summed E-state index contributed by atoms with van der Waals surface area (Å²) in [4.78, 5) is 11.9. The van der Waals surface area contributed by atoms with Crippen LogP contribution < -0.4 is 0 Å². The van der Waals surface area contributed by atoms with Gasteiger partial charge in [-0.05, 0) is 44.0 Å². The molecule has 0 saturated carbocycles. The second kappa shape index (κ2) is 9.31. The molecule has 174 valence electrons. The van der Waals surface area contributed by atoms with Gasteiger partial charge < -0.3 is 23.4 Å². The maximum absolute atomic E-state index is 11.9. The van der Waals surface area contributed by atoms with Crippen molar-refractivity contribution in [3.8, 4) is 0 Å². The monoisotopic (exact) mass is 450 g/mol. The first kappa shape index (κ1) is 24.4. The summed E-state index contributed by atoms with van der Waals surface area (Å²) in [5.41, 5.74) is 1.11. The fourth-order valence-electron chi connectivity index (χ4n) is 3.79. The van der Waals surface area contributed by atoms with Crippen LogP contribution in [0.2, 0.25) is 18.1 Å². The Balaban J connectivity index is 1.77. The van der Waals surface area contributed by atoms with E-state index in [4.69, 9.17) is 23.4 Å². The Morgan fingerprint density at radius 2 is 1.84 bits per heavy atom. The lowest BCUT2D eigenvalue weighted by atomic mass is 10.0. The van der Waals surface area contributed by atoms with E-state index >= 15 is 0 Å². The van der Waals surface area contributed by atoms with Crippen LogP contribution in [0.15, 0.2) is 30.3 Å². The van der Waals surface area contributed by atoms with Crippen molar-refractivity contribution in [2.24, 2.45) is 0 Å². The van der Waals surface area contributed by atoms with E-state index in [1.54, 1.807) is 0 Å². The van der Waals surface area contributed by atoms with Crippen LogP contribution in [-0.4, -0.2) is 51.1 Å². The molecular formula is C24H38O6Si. The van der Waals surface area contributed by atoms with E-state index in [-0.39, 0.29) is 35.4 Å². The molecule has 0 unspecified atom stereocenters. The molecule has 0 radical (unpaired) electrons. The van der Waals surface area contributed by atoms with Crippen molar-refractivity contribution in [1.29, 1.82) is 0 Å². The number of cyclic esters (lactones) is 1. The SMILES string of the molecule is CC1(C)O[C@@H]([C@@H](O[Si](C)(C)C(C)(C)C)[C@H]2CCC(=O)O2)[C@H](COCc2ccccc2)O1. The normalized spacial score (nSPS) is 27.3. The van der Waals surface area contributed by atoms with Crippen molar-refractivity contribution in [3.05, 3.63) is 35.9 Å². The molecule has 1 aromatic rings. The summed E-state index contributed by atoms with van der Waals surface area (Å²) in [5.74, 6) is -0.938. The van der Waals surface area contributed by atoms with Crippen LogP contribution in [-0.2, 0) is 34.8 Å². The van der Waals surface area contributed by atoms with Gasteiger partial charge in [-0.25, -0.2) is 0 Å². The van der Waals surface area contributed by atoms with E-state index in [1.165, 1.54) is 0 Å². The molecule has 4 atom stereocenters. The molecule has 6 nitrogen and oxygen atoms in total. The van der Waals surface area contributed by atoms with Gasteiger partial charge in [0.15, 0.2) is 14.1 Å². The van der Waals surface area contributed by atoms with Crippen LogP contribution in [0.3, 0.4) is 0 Å². The second-order valence-electron chi connectivity index (χ2n) is 10.5. The van der Waals surface area contributed by atoms with E-state index in [0.717, 1.165) is 5.56 Å². The van der Waals surface area contributed by atoms with Gasteiger partial charge in [0.1, 0.15) is 24.4 Å². The Labute approximate surface area is 187 Å². The number of rotatable bonds is 8. The highest BCUT2D eigenvalue weighted by Gasteiger charge is 2.52. The Morgan fingerprint density at radius 3 is 2.42 bits per heavy atom. The highest BCUT2D eigenvalue weighted by molar-refractivity contribution is 6.74. The average molecular weight is 451 g/mol. The minimum Gasteiger partial charge on any atom is -0.460 e. The zero-order chi connectivity index (χ0) is 22.9. The summed E-state index contributed by atoms with van der Waals surface area (Å²) in [6.07, 6.45) is -0.367. The van der Waals surface area contributed by atoms with Gasteiger partial charge in [0.2, 0.25) is 0 Å². The molecule has 0 aliphatic carbocycles. The molecule has 31 heavy (non-hydrogen) atoms. The molecule has 7 heteroatoms. The summed E-state index contributed by atoms with van der Waals surface area (Å²) < 4.78 is 31.0. The van der Waals surface area contributed by atoms with Gasteiger partial charge in [0.25, 0.3) is 0 Å². The number of hydrogen-bond acceptors (Lipinski definition) is 6. The van der Waals surface area contributed by atoms with Crippen LogP contribution in [0, 0.1) is 0 Å². The van der Waals surface area contributed by atoms with Gasteiger partial charge in [0.05, 0.1) is 13.2 Å². The maximum atomic E-state index is 11.9. The predicted molar refractivity (Wildman–Crippen MR) is 121 cm³/mol. The fourth-order valence-corrected chi connectivity index (χ4v) is 5.11. The standard InChI is InChI=1S/C24H38O6Si/c1-23(2,3)31(6,7)30-22(18-13-14-20(25)27-18)21-19(28-24(4,5)29-21)16-26-15-17-11-9-8-10-12-17/h8-12,18-19,21-22H,13-16H2,1-7H3/t18-,19+,21-,22+/m1/s1. The van der Waals surface area contributed by atoms with Gasteiger partial charge in [-0.2, -0.15) is 0 Å². The third kappa shape index (κ3) is 6.17. The van der Waals surface area contributed by atoms with E-state index in [0.29, 0.717) is 26.1 Å². The Kier molecular flexibility index (Phi) is 7.33. The minimum absolute atomic E-state index is 0.0160. The van der Waals surface area contributed by atoms with Crippen LogP contribution in [0.5, 0.6) is 0 Å². The molecule has 2 aliphatic heterocycles. The minimum atomic E-state index is -2.15. The lowest BCUT2D eigenvalue weighted by Crippen LogP contribution is -2.54. The van der Waals surface area contributed by atoms with Crippen molar-refractivity contribution in [1.82, 2.24) is 0 Å². The Bertz CT molecular complexity index is 742. The third-order valence-corrected chi connectivity index (χ3v) is 10.9. The van der Waals surface area contributed by atoms with Gasteiger partial charge in [-0.1, -0.05) is 51.1 Å². The van der Waals surface area contributed by atoms with E-state index in [9.17, 15) is 4.79 Å². The van der Waals surface area contributed by atoms with Gasteiger partial charge in [-0.3, -0.25) is 4.79 Å².